The third-order valence-corrected chi connectivity index (χ3v) is 4.96. The van der Waals surface area contributed by atoms with E-state index in [4.69, 9.17) is 9.52 Å². The first-order valence-electron chi connectivity index (χ1n) is 5.44. The fourth-order valence-corrected chi connectivity index (χ4v) is 3.55. The summed E-state index contributed by atoms with van der Waals surface area (Å²) in [5.74, 6) is -5.15. The van der Waals surface area contributed by atoms with Crippen LogP contribution in [0.2, 0.25) is 0 Å². The maximum atomic E-state index is 12.6. The van der Waals surface area contributed by atoms with Gasteiger partial charge in [0.05, 0.1) is 4.90 Å². The van der Waals surface area contributed by atoms with Crippen LogP contribution in [0, 0.1) is 0 Å². The van der Waals surface area contributed by atoms with Crippen LogP contribution in [0.4, 0.5) is 8.78 Å². The first-order valence-corrected chi connectivity index (χ1v) is 7.80. The van der Waals surface area contributed by atoms with Gasteiger partial charge in [-0.3, -0.25) is 0 Å². The molecule has 1 heterocycles. The smallest absolute Gasteiger partial charge is 0.371 e. The van der Waals surface area contributed by atoms with Crippen LogP contribution in [0.1, 0.15) is 10.6 Å². The van der Waals surface area contributed by atoms with Crippen molar-refractivity contribution in [3.63, 3.8) is 0 Å². The Kier molecular flexibility index (Phi) is 4.33. The lowest BCUT2D eigenvalue weighted by Gasteiger charge is -2.07. The first-order chi connectivity index (χ1) is 9.82. The van der Waals surface area contributed by atoms with Crippen LogP contribution in [-0.2, 0) is 9.84 Å². The second-order valence-electron chi connectivity index (χ2n) is 3.78. The van der Waals surface area contributed by atoms with Crippen molar-refractivity contribution in [3.05, 3.63) is 42.2 Å². The summed E-state index contributed by atoms with van der Waals surface area (Å²) in [6.45, 7) is 0. The lowest BCUT2D eigenvalue weighted by molar-refractivity contribution is 0.0656. The van der Waals surface area contributed by atoms with Crippen molar-refractivity contribution in [2.45, 2.75) is 20.6 Å². The molecule has 0 aliphatic carbocycles. The van der Waals surface area contributed by atoms with Gasteiger partial charge < -0.3 is 9.52 Å². The Balaban J connectivity index is 2.39. The molecule has 1 aromatic carbocycles. The highest BCUT2D eigenvalue weighted by molar-refractivity contribution is 8.00. The number of carboxylic acid groups (broad SMARTS) is 1. The second kappa shape index (κ2) is 5.86. The Hall–Kier alpha value is -1.87. The number of rotatable bonds is 5. The molecule has 112 valence electrons. The molecule has 0 unspecified atom stereocenters. The lowest BCUT2D eigenvalue weighted by atomic mass is 10.4. The Morgan fingerprint density at radius 3 is 2.43 bits per heavy atom. The summed E-state index contributed by atoms with van der Waals surface area (Å²) in [6.07, 6.45) is 0. The van der Waals surface area contributed by atoms with E-state index in [1.807, 2.05) is 0 Å². The van der Waals surface area contributed by atoms with Gasteiger partial charge in [0.25, 0.3) is 0 Å². The normalized spacial score (nSPS) is 11.8. The van der Waals surface area contributed by atoms with Crippen molar-refractivity contribution < 1.29 is 31.5 Å². The maximum absolute atomic E-state index is 12.6. The molecule has 0 bridgehead atoms. The number of halogens is 2. The maximum Gasteiger partial charge on any atom is 0.371 e. The van der Waals surface area contributed by atoms with Crippen LogP contribution in [0.25, 0.3) is 0 Å². The zero-order valence-electron chi connectivity index (χ0n) is 10.2. The molecule has 0 saturated heterocycles. The van der Waals surface area contributed by atoms with Crippen molar-refractivity contribution in [3.8, 4) is 0 Å². The number of hydrogen-bond donors (Lipinski definition) is 1. The van der Waals surface area contributed by atoms with Crippen LogP contribution in [0.5, 0.6) is 0 Å². The van der Waals surface area contributed by atoms with E-state index in [0.717, 1.165) is 17.8 Å². The summed E-state index contributed by atoms with van der Waals surface area (Å²) in [4.78, 5) is 10.2. The third-order valence-electron chi connectivity index (χ3n) is 2.39. The zero-order chi connectivity index (χ0) is 15.6. The van der Waals surface area contributed by atoms with E-state index in [1.54, 1.807) is 0 Å². The second-order valence-corrected chi connectivity index (χ2v) is 6.71. The van der Waals surface area contributed by atoms with Gasteiger partial charge in [0.1, 0.15) is 0 Å². The standard InChI is InChI=1S/C12H8F2O5S2/c13-12(14)21(17,18)9-4-2-1-3-8(9)20-10-6-5-7(19-10)11(15)16/h1-6,12H,(H,15,16). The molecule has 2 aromatic rings. The van der Waals surface area contributed by atoms with Gasteiger partial charge in [0.15, 0.2) is 5.09 Å². The largest absolute Gasteiger partial charge is 0.475 e. The first kappa shape index (κ1) is 15.5. The van der Waals surface area contributed by atoms with Gasteiger partial charge in [-0.05, 0) is 24.3 Å². The summed E-state index contributed by atoms with van der Waals surface area (Å²) in [6, 6.07) is 7.71. The molecule has 0 atom stereocenters. The lowest BCUT2D eigenvalue weighted by Crippen LogP contribution is -2.12. The van der Waals surface area contributed by atoms with Crippen LogP contribution < -0.4 is 0 Å². The van der Waals surface area contributed by atoms with Gasteiger partial charge in [-0.2, -0.15) is 8.78 Å². The van der Waals surface area contributed by atoms with Gasteiger partial charge in [-0.1, -0.05) is 23.9 Å². The van der Waals surface area contributed by atoms with Crippen LogP contribution in [-0.4, -0.2) is 25.3 Å². The fourth-order valence-electron chi connectivity index (χ4n) is 1.46. The average Bonchev–Trinajstić information content (AvgIpc) is 2.87. The average molecular weight is 334 g/mol. The third kappa shape index (κ3) is 3.24. The highest BCUT2D eigenvalue weighted by Gasteiger charge is 2.29. The minimum Gasteiger partial charge on any atom is -0.475 e. The summed E-state index contributed by atoms with van der Waals surface area (Å²) in [5.41, 5.74) is 0. The SMILES string of the molecule is O=C(O)c1ccc(Sc2ccccc2S(=O)(=O)C(F)F)o1. The quantitative estimate of drug-likeness (QED) is 0.904. The predicted molar refractivity (Wildman–Crippen MR) is 69.4 cm³/mol. The van der Waals surface area contributed by atoms with Crippen molar-refractivity contribution in [1.29, 1.82) is 0 Å². The summed E-state index contributed by atoms with van der Waals surface area (Å²) in [5, 5.41) is 8.81. The van der Waals surface area contributed by atoms with Gasteiger partial charge in [0, 0.05) is 4.90 Å². The monoisotopic (exact) mass is 334 g/mol. The number of sulfone groups is 1. The van der Waals surface area contributed by atoms with E-state index in [9.17, 15) is 22.0 Å². The summed E-state index contributed by atoms with van der Waals surface area (Å²) < 4.78 is 53.4. The molecule has 21 heavy (non-hydrogen) atoms. The topological polar surface area (TPSA) is 84.6 Å². The molecule has 0 aliphatic heterocycles. The highest BCUT2D eigenvalue weighted by atomic mass is 32.2. The Morgan fingerprint density at radius 2 is 1.86 bits per heavy atom. The Morgan fingerprint density at radius 1 is 1.19 bits per heavy atom. The van der Waals surface area contributed by atoms with Gasteiger partial charge in [0.2, 0.25) is 15.6 Å². The molecule has 1 N–H and O–H groups in total. The van der Waals surface area contributed by atoms with Crippen LogP contribution >= 0.6 is 11.8 Å². The van der Waals surface area contributed by atoms with Crippen molar-refractivity contribution in [2.75, 3.05) is 0 Å². The van der Waals surface area contributed by atoms with Crippen LogP contribution in [0.3, 0.4) is 0 Å². The number of alkyl halides is 2. The minimum atomic E-state index is -4.75. The molecule has 0 amide bonds. The highest BCUT2D eigenvalue weighted by Crippen LogP contribution is 2.35. The molecule has 0 spiro atoms. The molecule has 0 aliphatic rings. The van der Waals surface area contributed by atoms with Gasteiger partial charge in [-0.15, -0.1) is 0 Å². The predicted octanol–water partition coefficient (Wildman–Crippen LogP) is 3.13. The number of carbonyl (C=O) groups is 1. The van der Waals surface area contributed by atoms with E-state index < -0.39 is 26.5 Å². The number of benzene rings is 1. The van der Waals surface area contributed by atoms with E-state index in [0.29, 0.717) is 0 Å². The zero-order valence-corrected chi connectivity index (χ0v) is 11.8. The number of aromatic carboxylic acids is 1. The number of hydrogen-bond acceptors (Lipinski definition) is 5. The van der Waals surface area contributed by atoms with E-state index >= 15 is 0 Å². The van der Waals surface area contributed by atoms with Crippen molar-refractivity contribution >= 4 is 27.6 Å². The molecule has 1 aromatic heterocycles. The summed E-state index contributed by atoms with van der Waals surface area (Å²) >= 11 is 0.754. The molecule has 5 nitrogen and oxygen atoms in total. The van der Waals surface area contributed by atoms with Gasteiger partial charge >= 0.3 is 11.7 Å². The molecule has 0 radical (unpaired) electrons. The van der Waals surface area contributed by atoms with E-state index in [-0.39, 0.29) is 15.7 Å². The summed E-state index contributed by atoms with van der Waals surface area (Å²) in [7, 11) is -4.75. The molecule has 0 fully saturated rings. The molecule has 2 rings (SSSR count). The Bertz CT molecular complexity index is 767. The minimum absolute atomic E-state index is 0.0316. The van der Waals surface area contributed by atoms with Crippen LogP contribution in [0.15, 0.2) is 55.7 Å². The fraction of sp³-hybridized carbons (Fsp3) is 0.0833. The molecular weight excluding hydrogens is 326 g/mol. The number of carboxylic acids is 1. The van der Waals surface area contributed by atoms with Crippen molar-refractivity contribution in [2.24, 2.45) is 0 Å². The van der Waals surface area contributed by atoms with E-state index in [2.05, 4.69) is 0 Å². The Labute approximate surface area is 122 Å². The molecule has 0 saturated carbocycles. The molecule has 9 heteroatoms. The van der Waals surface area contributed by atoms with Gasteiger partial charge in [-0.25, -0.2) is 13.2 Å². The van der Waals surface area contributed by atoms with E-state index in [1.165, 1.54) is 30.3 Å². The molecular formula is C12H8F2O5S2. The van der Waals surface area contributed by atoms with Crippen molar-refractivity contribution in [1.82, 2.24) is 0 Å². The number of furan rings is 1.